The first-order chi connectivity index (χ1) is 13.9. The largest absolute Gasteiger partial charge is 0.595 e. The molecule has 2 aromatic rings. The normalized spacial score (nSPS) is 24.8. The first-order valence-electron chi connectivity index (χ1n) is 9.79. The molecule has 1 aromatic carbocycles. The third kappa shape index (κ3) is 4.16. The van der Waals surface area contributed by atoms with Crippen LogP contribution in [0.4, 0.5) is 5.69 Å². The Hall–Kier alpha value is -2.37. The Morgan fingerprint density at radius 3 is 2.79 bits per heavy atom. The summed E-state index contributed by atoms with van der Waals surface area (Å²) in [4.78, 5) is 20.1. The van der Waals surface area contributed by atoms with Gasteiger partial charge in [-0.3, -0.25) is 9.69 Å². The molecule has 1 unspecified atom stereocenters. The van der Waals surface area contributed by atoms with Gasteiger partial charge in [0.05, 0.1) is 12.1 Å². The van der Waals surface area contributed by atoms with Crippen molar-refractivity contribution < 1.29 is 24.9 Å². The fourth-order valence-corrected chi connectivity index (χ4v) is 4.28. The zero-order valence-electron chi connectivity index (χ0n) is 16.2. The van der Waals surface area contributed by atoms with Gasteiger partial charge in [-0.1, -0.05) is 17.3 Å². The molecule has 2 fully saturated rings. The number of rotatable bonds is 4. The number of hydrogen-bond acceptors (Lipinski definition) is 8. The minimum atomic E-state index is -1.02. The molecule has 3 N–H and O–H groups in total. The number of carbonyl (C=O) groups is 1. The number of nitrogens with zero attached hydrogens (tertiary/aromatic N) is 4. The highest BCUT2D eigenvalue weighted by Crippen LogP contribution is 2.36. The third-order valence-electron chi connectivity index (χ3n) is 5.79. The molecule has 4 rings (SSSR count). The van der Waals surface area contributed by atoms with Crippen LogP contribution in [-0.2, 0) is 4.79 Å². The number of carbonyl (C=O) groups excluding carboxylic acids is 1. The van der Waals surface area contributed by atoms with Gasteiger partial charge in [-0.25, -0.2) is 5.21 Å². The van der Waals surface area contributed by atoms with Crippen LogP contribution in [0.15, 0.2) is 28.8 Å². The molecule has 10 nitrogen and oxygen atoms in total. The van der Waals surface area contributed by atoms with Crippen molar-refractivity contribution >= 4 is 11.6 Å². The molecule has 0 bridgehead atoms. The maximum absolute atomic E-state index is 11.6. The molecule has 0 aliphatic carbocycles. The van der Waals surface area contributed by atoms with Crippen LogP contribution in [0, 0.1) is 5.21 Å². The summed E-state index contributed by atoms with van der Waals surface area (Å²) in [5.74, 6) is 0.841. The lowest BCUT2D eigenvalue weighted by atomic mass is 10.0. The van der Waals surface area contributed by atoms with Gasteiger partial charge < -0.3 is 19.7 Å². The second kappa shape index (κ2) is 8.17. The zero-order chi connectivity index (χ0) is 20.5. The molecule has 156 valence electrons. The van der Waals surface area contributed by atoms with Gasteiger partial charge in [0.2, 0.25) is 17.6 Å². The molecule has 2 saturated heterocycles. The van der Waals surface area contributed by atoms with Crippen LogP contribution in [0.25, 0.3) is 11.4 Å². The van der Waals surface area contributed by atoms with E-state index >= 15 is 0 Å². The lowest BCUT2D eigenvalue weighted by Gasteiger charge is -2.38. The fraction of sp³-hybridized carbons (Fsp3) is 0.526. The number of quaternary nitrogens is 1. The molecular weight excluding hydrogens is 378 g/mol. The zero-order valence-corrected chi connectivity index (χ0v) is 16.2. The average Bonchev–Trinajstić information content (AvgIpc) is 3.35. The monoisotopic (exact) mass is 403 g/mol. The van der Waals surface area contributed by atoms with Crippen LogP contribution >= 0.6 is 0 Å². The second-order valence-electron chi connectivity index (χ2n) is 7.68. The van der Waals surface area contributed by atoms with Crippen molar-refractivity contribution in [3.63, 3.8) is 0 Å². The quantitative estimate of drug-likeness (QED) is 0.620. The molecule has 3 heterocycles. The van der Waals surface area contributed by atoms with Crippen LogP contribution in [0.5, 0.6) is 0 Å². The average molecular weight is 403 g/mol. The lowest BCUT2D eigenvalue weighted by Crippen LogP contribution is -2.99. The molecule has 3 atom stereocenters. The maximum Gasteiger partial charge on any atom is 0.244 e. The summed E-state index contributed by atoms with van der Waals surface area (Å²) in [5.41, 5.74) is 0.726. The SMILES string of the molecule is CC(=O)N1CCC(N2C[C@H](O)C[C@H]2c2nc(-c3cccc([NH+]([O-])O)c3)no2)CC1. The van der Waals surface area contributed by atoms with E-state index in [1.165, 1.54) is 12.1 Å². The number of aromatic nitrogens is 2. The number of aliphatic hydroxyl groups is 1. The number of likely N-dealkylation sites (tertiary alicyclic amines) is 2. The summed E-state index contributed by atoms with van der Waals surface area (Å²) in [6.07, 6.45) is 1.70. The van der Waals surface area contributed by atoms with E-state index in [9.17, 15) is 20.3 Å². The Bertz CT molecular complexity index is 864. The predicted octanol–water partition coefficient (Wildman–Crippen LogP) is 0.259. The summed E-state index contributed by atoms with van der Waals surface area (Å²) in [6.45, 7) is 3.52. The Morgan fingerprint density at radius 1 is 1.34 bits per heavy atom. The van der Waals surface area contributed by atoms with E-state index in [2.05, 4.69) is 15.0 Å². The summed E-state index contributed by atoms with van der Waals surface area (Å²) < 4.78 is 5.51. The van der Waals surface area contributed by atoms with Gasteiger partial charge >= 0.3 is 0 Å². The van der Waals surface area contributed by atoms with Crippen molar-refractivity contribution in [1.82, 2.24) is 19.9 Å². The Labute approximate surface area is 167 Å². The van der Waals surface area contributed by atoms with E-state index in [1.807, 2.05) is 4.90 Å². The highest BCUT2D eigenvalue weighted by molar-refractivity contribution is 5.73. The number of nitrogens with one attached hydrogen (secondary N) is 1. The molecule has 0 spiro atoms. The molecule has 2 aliphatic rings. The number of benzene rings is 1. The van der Waals surface area contributed by atoms with Crippen LogP contribution in [0.1, 0.15) is 38.1 Å². The molecule has 1 amide bonds. The van der Waals surface area contributed by atoms with E-state index in [-0.39, 0.29) is 23.7 Å². The highest BCUT2D eigenvalue weighted by Gasteiger charge is 2.40. The number of aliphatic hydroxyl groups excluding tert-OH is 1. The van der Waals surface area contributed by atoms with E-state index < -0.39 is 11.3 Å². The fourth-order valence-electron chi connectivity index (χ4n) is 4.28. The Balaban J connectivity index is 1.52. The van der Waals surface area contributed by atoms with Crippen molar-refractivity contribution in [3.05, 3.63) is 35.4 Å². The molecule has 0 radical (unpaired) electrons. The van der Waals surface area contributed by atoms with Gasteiger partial charge in [0, 0.05) is 50.3 Å². The minimum absolute atomic E-state index is 0.0894. The van der Waals surface area contributed by atoms with Crippen molar-refractivity contribution in [2.45, 2.75) is 44.4 Å². The van der Waals surface area contributed by atoms with E-state index in [0.29, 0.717) is 43.3 Å². The summed E-state index contributed by atoms with van der Waals surface area (Å²) in [6, 6.07) is 6.44. The molecule has 10 heteroatoms. The van der Waals surface area contributed by atoms with Gasteiger partial charge in [0.1, 0.15) is 0 Å². The van der Waals surface area contributed by atoms with Crippen molar-refractivity contribution in [2.24, 2.45) is 0 Å². The van der Waals surface area contributed by atoms with Crippen LogP contribution in [0.2, 0.25) is 0 Å². The molecule has 1 aromatic heterocycles. The first kappa shape index (κ1) is 19.9. The summed E-state index contributed by atoms with van der Waals surface area (Å²) >= 11 is 0. The van der Waals surface area contributed by atoms with Crippen LogP contribution in [0.3, 0.4) is 0 Å². The molecule has 29 heavy (non-hydrogen) atoms. The molecule has 0 saturated carbocycles. The standard InChI is InChI=1S/C19H25N5O5/c1-12(25)22-7-5-14(6-8-22)23-11-16(26)10-17(23)19-20-18(21-29-19)13-3-2-4-15(9-13)24(27)28/h2-4,9,14,16-17,24,26-27H,5-8,10-11H2,1H3/t16-,17+/m1/s1. The van der Waals surface area contributed by atoms with Gasteiger partial charge in [-0.15, -0.1) is 0 Å². The van der Waals surface area contributed by atoms with Crippen LogP contribution < -0.4 is 5.23 Å². The summed E-state index contributed by atoms with van der Waals surface area (Å²) in [7, 11) is 0. The molecular formula is C19H25N5O5. The number of β-amino-alcohol motifs (C(OH)–C–C–N with tert-alkyl or cyclic N) is 1. The number of hydrogen-bond donors (Lipinski definition) is 3. The smallest absolute Gasteiger partial charge is 0.244 e. The predicted molar refractivity (Wildman–Crippen MR) is 101 cm³/mol. The number of piperidine rings is 1. The van der Waals surface area contributed by atoms with Crippen molar-refractivity contribution in [2.75, 3.05) is 19.6 Å². The van der Waals surface area contributed by atoms with E-state index in [1.54, 1.807) is 19.1 Å². The number of amides is 1. The van der Waals surface area contributed by atoms with Gasteiger partial charge in [0.15, 0.2) is 5.69 Å². The van der Waals surface area contributed by atoms with Crippen molar-refractivity contribution in [3.8, 4) is 11.4 Å². The topological polar surface area (TPSA) is 130 Å². The van der Waals surface area contributed by atoms with Gasteiger partial charge in [0.25, 0.3) is 0 Å². The second-order valence-corrected chi connectivity index (χ2v) is 7.68. The van der Waals surface area contributed by atoms with Gasteiger partial charge in [-0.2, -0.15) is 10.2 Å². The van der Waals surface area contributed by atoms with Crippen LogP contribution in [-0.4, -0.2) is 67.9 Å². The first-order valence-corrected chi connectivity index (χ1v) is 9.79. The minimum Gasteiger partial charge on any atom is -0.595 e. The highest BCUT2D eigenvalue weighted by atomic mass is 16.8. The van der Waals surface area contributed by atoms with E-state index in [0.717, 1.165) is 12.8 Å². The Kier molecular flexibility index (Phi) is 5.61. The van der Waals surface area contributed by atoms with Gasteiger partial charge in [-0.05, 0) is 19.3 Å². The summed E-state index contributed by atoms with van der Waals surface area (Å²) in [5, 5.41) is 33.6. The lowest BCUT2D eigenvalue weighted by molar-refractivity contribution is -0.991. The van der Waals surface area contributed by atoms with Crippen molar-refractivity contribution in [1.29, 1.82) is 0 Å². The third-order valence-corrected chi connectivity index (χ3v) is 5.79. The van der Waals surface area contributed by atoms with E-state index in [4.69, 9.17) is 4.52 Å². The molecule has 2 aliphatic heterocycles. The maximum atomic E-state index is 11.6. The Morgan fingerprint density at radius 2 is 2.10 bits per heavy atom.